The summed E-state index contributed by atoms with van der Waals surface area (Å²) in [5.74, 6) is -0.198. The number of amides is 1. The fraction of sp³-hybridized carbons (Fsp3) is 0.500. The van der Waals surface area contributed by atoms with E-state index in [0.717, 1.165) is 16.1 Å². The third-order valence-corrected chi connectivity index (χ3v) is 6.66. The normalized spacial score (nSPS) is 19.2. The van der Waals surface area contributed by atoms with E-state index in [2.05, 4.69) is 20.3 Å². The van der Waals surface area contributed by atoms with Crippen LogP contribution >= 0.6 is 22.9 Å². The van der Waals surface area contributed by atoms with Gasteiger partial charge in [0.1, 0.15) is 4.70 Å². The number of halogens is 1. The molecule has 1 amide bonds. The molecule has 3 aromatic rings. The molecule has 1 saturated heterocycles. The topological polar surface area (TPSA) is 135 Å². The maximum Gasteiger partial charge on any atom is 0.375 e. The highest BCUT2D eigenvalue weighted by molar-refractivity contribution is 7.22. The van der Waals surface area contributed by atoms with Crippen LogP contribution in [0.4, 0.5) is 5.13 Å². The lowest BCUT2D eigenvalue weighted by molar-refractivity contribution is 0.0538. The van der Waals surface area contributed by atoms with E-state index in [1.165, 1.54) is 7.05 Å². The van der Waals surface area contributed by atoms with Crippen LogP contribution < -0.4 is 21.4 Å². The number of nitrogens with zero attached hydrogens (tertiary/aromatic N) is 4. The van der Waals surface area contributed by atoms with Gasteiger partial charge in [0.05, 0.1) is 17.8 Å². The first kappa shape index (κ1) is 21.5. The fourth-order valence-corrected chi connectivity index (χ4v) is 4.77. The Morgan fingerprint density at radius 1 is 1.42 bits per heavy atom. The molecule has 1 aliphatic heterocycles. The van der Waals surface area contributed by atoms with Crippen LogP contribution in [0.15, 0.2) is 14.1 Å². The summed E-state index contributed by atoms with van der Waals surface area (Å²) < 4.78 is 11.6. The molecule has 166 valence electrons. The SMILES string of the molecule is CCc1[nH]c(C(=O)N[C@@H]2CCN(c3nc4c(=O)n(C)oc(=O)c4s3)C[C@@H]2OC)nc1Cl. The highest BCUT2D eigenvalue weighted by Crippen LogP contribution is 2.28. The Kier molecular flexibility index (Phi) is 5.86. The van der Waals surface area contributed by atoms with Crippen molar-refractivity contribution in [1.82, 2.24) is 25.0 Å². The van der Waals surface area contributed by atoms with Crippen molar-refractivity contribution in [2.75, 3.05) is 25.1 Å². The van der Waals surface area contributed by atoms with E-state index >= 15 is 0 Å². The van der Waals surface area contributed by atoms with Crippen LogP contribution in [-0.2, 0) is 18.2 Å². The van der Waals surface area contributed by atoms with E-state index in [0.29, 0.717) is 36.8 Å². The second-order valence-electron chi connectivity index (χ2n) is 7.15. The average molecular weight is 469 g/mol. The summed E-state index contributed by atoms with van der Waals surface area (Å²) in [6, 6.07) is -0.255. The van der Waals surface area contributed by atoms with Crippen LogP contribution in [-0.4, -0.2) is 57.9 Å². The first-order valence-electron chi connectivity index (χ1n) is 9.66. The summed E-state index contributed by atoms with van der Waals surface area (Å²) in [6.07, 6.45) is 0.879. The number of hydrogen-bond donors (Lipinski definition) is 2. The van der Waals surface area contributed by atoms with Crippen LogP contribution in [0.3, 0.4) is 0 Å². The monoisotopic (exact) mass is 468 g/mol. The fourth-order valence-electron chi connectivity index (χ4n) is 3.54. The van der Waals surface area contributed by atoms with E-state index < -0.39 is 11.2 Å². The zero-order valence-electron chi connectivity index (χ0n) is 17.1. The van der Waals surface area contributed by atoms with Crippen molar-refractivity contribution in [3.63, 3.8) is 0 Å². The van der Waals surface area contributed by atoms with Gasteiger partial charge in [-0.25, -0.2) is 14.8 Å². The molecule has 13 heteroatoms. The molecule has 3 aromatic heterocycles. The van der Waals surface area contributed by atoms with Gasteiger partial charge in [-0.15, -0.1) is 0 Å². The van der Waals surface area contributed by atoms with Crippen LogP contribution in [0.1, 0.15) is 29.7 Å². The van der Waals surface area contributed by atoms with Gasteiger partial charge in [-0.2, -0.15) is 4.74 Å². The van der Waals surface area contributed by atoms with E-state index in [1.807, 2.05) is 11.8 Å². The number of aromatic amines is 1. The number of carbonyl (C=O) groups excluding carboxylic acids is 1. The molecule has 0 aliphatic carbocycles. The molecule has 4 heterocycles. The van der Waals surface area contributed by atoms with Crippen molar-refractivity contribution in [2.45, 2.75) is 31.9 Å². The van der Waals surface area contributed by atoms with Crippen LogP contribution in [0.25, 0.3) is 10.2 Å². The summed E-state index contributed by atoms with van der Waals surface area (Å²) in [6.45, 7) is 2.89. The Labute approximate surface area is 184 Å². The minimum Gasteiger partial charge on any atom is -0.377 e. The molecule has 1 fully saturated rings. The summed E-state index contributed by atoms with van der Waals surface area (Å²) in [7, 11) is 2.93. The van der Waals surface area contributed by atoms with Crippen LogP contribution in [0.5, 0.6) is 0 Å². The highest BCUT2D eigenvalue weighted by atomic mass is 35.5. The molecular weight excluding hydrogens is 448 g/mol. The molecule has 31 heavy (non-hydrogen) atoms. The van der Waals surface area contributed by atoms with Gasteiger partial charge in [-0.3, -0.25) is 9.59 Å². The zero-order chi connectivity index (χ0) is 22.3. The van der Waals surface area contributed by atoms with Gasteiger partial charge in [0, 0.05) is 27.2 Å². The van der Waals surface area contributed by atoms with Crippen molar-refractivity contribution in [1.29, 1.82) is 0 Å². The Hall–Kier alpha value is -2.70. The number of ether oxygens (including phenoxy) is 1. The molecule has 0 unspecified atom stereocenters. The molecule has 1 aliphatic rings. The number of fused-ring (bicyclic) bond motifs is 1. The van der Waals surface area contributed by atoms with Gasteiger partial charge >= 0.3 is 11.2 Å². The van der Waals surface area contributed by atoms with Crippen molar-refractivity contribution < 1.29 is 14.1 Å². The number of carbonyl (C=O) groups is 1. The summed E-state index contributed by atoms with van der Waals surface area (Å²) in [4.78, 5) is 50.2. The molecule has 0 spiro atoms. The number of rotatable bonds is 5. The maximum absolute atomic E-state index is 12.6. The third kappa shape index (κ3) is 3.98. The number of aryl methyl sites for hydroxylation is 2. The first-order chi connectivity index (χ1) is 14.8. The Bertz CT molecular complexity index is 1250. The number of hydrogen-bond acceptors (Lipinski definition) is 9. The lowest BCUT2D eigenvalue weighted by atomic mass is 10.0. The molecule has 0 aromatic carbocycles. The van der Waals surface area contributed by atoms with Gasteiger partial charge in [0.25, 0.3) is 5.91 Å². The zero-order valence-corrected chi connectivity index (χ0v) is 18.7. The number of anilines is 1. The molecule has 2 atom stereocenters. The first-order valence-corrected chi connectivity index (χ1v) is 10.9. The predicted molar refractivity (Wildman–Crippen MR) is 115 cm³/mol. The molecule has 2 N–H and O–H groups in total. The number of methoxy groups -OCH3 is 1. The van der Waals surface area contributed by atoms with E-state index in [4.69, 9.17) is 20.9 Å². The van der Waals surface area contributed by atoms with Crippen molar-refractivity contribution in [3.05, 3.63) is 37.4 Å². The van der Waals surface area contributed by atoms with Gasteiger partial charge < -0.3 is 24.5 Å². The lowest BCUT2D eigenvalue weighted by Gasteiger charge is -2.37. The Balaban J connectivity index is 1.51. The maximum atomic E-state index is 12.6. The number of aromatic nitrogens is 4. The van der Waals surface area contributed by atoms with E-state index in [9.17, 15) is 14.4 Å². The van der Waals surface area contributed by atoms with Gasteiger partial charge in [-0.1, -0.05) is 29.9 Å². The van der Waals surface area contributed by atoms with Gasteiger partial charge in [0.15, 0.2) is 21.6 Å². The van der Waals surface area contributed by atoms with Gasteiger partial charge in [-0.05, 0) is 12.8 Å². The minimum absolute atomic E-state index is 0.0876. The van der Waals surface area contributed by atoms with Crippen molar-refractivity contribution >= 4 is 44.2 Å². The Morgan fingerprint density at radius 3 is 2.87 bits per heavy atom. The van der Waals surface area contributed by atoms with Crippen molar-refractivity contribution in [3.8, 4) is 0 Å². The van der Waals surface area contributed by atoms with Crippen molar-refractivity contribution in [2.24, 2.45) is 7.05 Å². The minimum atomic E-state index is -0.602. The number of H-pyrrole nitrogens is 1. The molecule has 11 nitrogen and oxygen atoms in total. The Morgan fingerprint density at radius 2 is 2.19 bits per heavy atom. The van der Waals surface area contributed by atoms with Gasteiger partial charge in [0.2, 0.25) is 0 Å². The summed E-state index contributed by atoms with van der Waals surface area (Å²) >= 11 is 7.14. The van der Waals surface area contributed by atoms with E-state index in [-0.39, 0.29) is 39.2 Å². The summed E-state index contributed by atoms with van der Waals surface area (Å²) in [5.41, 5.74) is -0.276. The molecule has 4 rings (SSSR count). The van der Waals surface area contributed by atoms with E-state index in [1.54, 1.807) is 7.11 Å². The smallest absolute Gasteiger partial charge is 0.375 e. The molecular formula is C18H21ClN6O5S. The molecule has 0 saturated carbocycles. The number of nitrogens with one attached hydrogen (secondary N) is 2. The largest absolute Gasteiger partial charge is 0.377 e. The number of piperidine rings is 1. The van der Waals surface area contributed by atoms with Crippen LogP contribution in [0.2, 0.25) is 5.15 Å². The average Bonchev–Trinajstić information content (AvgIpc) is 3.37. The lowest BCUT2D eigenvalue weighted by Crippen LogP contribution is -2.55. The number of imidazole rings is 1. The quantitative estimate of drug-likeness (QED) is 0.564. The summed E-state index contributed by atoms with van der Waals surface area (Å²) in [5, 5.41) is 3.77. The number of thiazole rings is 1. The third-order valence-electron chi connectivity index (χ3n) is 5.26. The predicted octanol–water partition coefficient (Wildman–Crippen LogP) is 0.911. The second kappa shape index (κ2) is 8.44. The standard InChI is InChI=1S/C18H21ClN6O5S/c1-4-8-13(19)23-14(20-8)15(26)21-9-5-6-25(7-10(9)29-3)18-22-11-12(31-18)17(28)30-24(2)16(11)27/h9-10H,4-7H2,1-3H3,(H,20,23)(H,21,26)/t9-,10+/m1/s1. The highest BCUT2D eigenvalue weighted by Gasteiger charge is 2.33. The molecule has 0 bridgehead atoms. The second-order valence-corrected chi connectivity index (χ2v) is 8.49. The van der Waals surface area contributed by atoms with Crippen LogP contribution in [0, 0.1) is 0 Å². The molecule has 0 radical (unpaired) electrons.